The number of carbonyl (C=O) groups excluding carboxylic acids is 1. The summed E-state index contributed by atoms with van der Waals surface area (Å²) in [5, 5.41) is 2.18. The van der Waals surface area contributed by atoms with Crippen molar-refractivity contribution >= 4 is 29.2 Å². The number of hydrogen-bond donors (Lipinski definition) is 1. The third-order valence-electron chi connectivity index (χ3n) is 4.25. The first kappa shape index (κ1) is 25.0. The van der Waals surface area contributed by atoms with Crippen molar-refractivity contribution in [1.82, 2.24) is 0 Å². The summed E-state index contributed by atoms with van der Waals surface area (Å²) in [6.07, 6.45) is -4.54. The molecular weight excluding hydrogens is 483 g/mol. The monoisotopic (exact) mass is 498 g/mol. The maximum Gasteiger partial charge on any atom is 0.416 e. The van der Waals surface area contributed by atoms with E-state index in [0.717, 1.165) is 30.3 Å². The minimum absolute atomic E-state index is 0.00400. The molecule has 3 aromatic carbocycles. The number of aliphatic imine (C=N–C) groups is 1. The molecule has 0 aliphatic heterocycles. The summed E-state index contributed by atoms with van der Waals surface area (Å²) < 4.78 is 76.9. The van der Waals surface area contributed by atoms with Crippen LogP contribution in [-0.4, -0.2) is 18.5 Å². The van der Waals surface area contributed by atoms with Crippen LogP contribution in [0.25, 0.3) is 0 Å². The Hall–Kier alpha value is -3.66. The Balaban J connectivity index is 1.72. The molecule has 0 spiro atoms. The largest absolute Gasteiger partial charge is 0.477 e. The van der Waals surface area contributed by atoms with Gasteiger partial charge < -0.3 is 14.8 Å². The van der Waals surface area contributed by atoms with Crippen LogP contribution in [-0.2, 0) is 10.9 Å². The van der Waals surface area contributed by atoms with Gasteiger partial charge in [0.15, 0.2) is 0 Å². The third-order valence-corrected chi connectivity index (χ3v) is 4.55. The van der Waals surface area contributed by atoms with Crippen LogP contribution in [0.4, 0.5) is 32.4 Å². The van der Waals surface area contributed by atoms with E-state index in [9.17, 15) is 26.7 Å². The number of nitrogens with one attached hydrogen (secondary N) is 1. The molecule has 0 unspecified atom stereocenters. The van der Waals surface area contributed by atoms with Gasteiger partial charge in [-0.25, -0.2) is 13.6 Å². The van der Waals surface area contributed by atoms with Gasteiger partial charge in [0.05, 0.1) is 17.2 Å². The van der Waals surface area contributed by atoms with Crippen LogP contribution in [0.3, 0.4) is 0 Å². The molecule has 34 heavy (non-hydrogen) atoms. The van der Waals surface area contributed by atoms with Crippen molar-refractivity contribution in [1.29, 1.82) is 0 Å². The predicted molar refractivity (Wildman–Crippen MR) is 117 cm³/mol. The van der Waals surface area contributed by atoms with Gasteiger partial charge in [0.2, 0.25) is 5.90 Å². The summed E-state index contributed by atoms with van der Waals surface area (Å²) in [4.78, 5) is 15.9. The number of amides is 2. The SMILES string of the molecule is CCOC(=NC(=O)Nc1ccc(Oc2ccc(C(F)(F)F)cc2Cl)cc1)c1c(F)cccc1F. The first-order valence-corrected chi connectivity index (χ1v) is 10.1. The van der Waals surface area contributed by atoms with Gasteiger partial charge in [0.25, 0.3) is 0 Å². The molecular formula is C23H16ClF5N2O3. The molecule has 2 amide bonds. The number of ether oxygens (including phenoxy) is 2. The summed E-state index contributed by atoms with van der Waals surface area (Å²) >= 11 is 5.87. The van der Waals surface area contributed by atoms with E-state index in [1.54, 1.807) is 6.92 Å². The number of benzene rings is 3. The Morgan fingerprint density at radius 2 is 1.68 bits per heavy atom. The van der Waals surface area contributed by atoms with Gasteiger partial charge in [-0.05, 0) is 61.5 Å². The Kier molecular flexibility index (Phi) is 7.72. The van der Waals surface area contributed by atoms with E-state index in [4.69, 9.17) is 21.1 Å². The number of nitrogens with zero attached hydrogens (tertiary/aromatic N) is 1. The molecule has 3 rings (SSSR count). The van der Waals surface area contributed by atoms with Crippen LogP contribution in [0.15, 0.2) is 65.7 Å². The van der Waals surface area contributed by atoms with Crippen LogP contribution in [0.5, 0.6) is 11.5 Å². The van der Waals surface area contributed by atoms with Gasteiger partial charge in [0, 0.05) is 5.69 Å². The van der Waals surface area contributed by atoms with E-state index in [2.05, 4.69) is 10.3 Å². The van der Waals surface area contributed by atoms with Gasteiger partial charge in [-0.2, -0.15) is 18.2 Å². The van der Waals surface area contributed by atoms with Crippen molar-refractivity contribution in [2.24, 2.45) is 4.99 Å². The molecule has 0 atom stereocenters. The second-order valence-corrected chi connectivity index (χ2v) is 7.05. The molecule has 0 saturated heterocycles. The number of alkyl halides is 3. The van der Waals surface area contributed by atoms with Gasteiger partial charge >= 0.3 is 12.2 Å². The molecule has 3 aromatic rings. The number of rotatable bonds is 5. The highest BCUT2D eigenvalue weighted by Gasteiger charge is 2.31. The summed E-state index contributed by atoms with van der Waals surface area (Å²) in [5.41, 5.74) is -1.23. The third kappa shape index (κ3) is 6.22. The zero-order chi connectivity index (χ0) is 24.9. The Morgan fingerprint density at radius 1 is 1.03 bits per heavy atom. The van der Waals surface area contributed by atoms with Crippen LogP contribution in [0, 0.1) is 11.6 Å². The van der Waals surface area contributed by atoms with Crippen LogP contribution in [0.2, 0.25) is 5.02 Å². The molecule has 0 heterocycles. The molecule has 0 aliphatic carbocycles. The van der Waals surface area contributed by atoms with E-state index in [1.165, 1.54) is 30.3 Å². The fourth-order valence-corrected chi connectivity index (χ4v) is 2.96. The van der Waals surface area contributed by atoms with Crippen molar-refractivity contribution < 1.29 is 36.2 Å². The van der Waals surface area contributed by atoms with E-state index < -0.39 is 40.9 Å². The van der Waals surface area contributed by atoms with E-state index in [1.807, 2.05) is 0 Å². The highest BCUT2D eigenvalue weighted by Crippen LogP contribution is 2.36. The second-order valence-electron chi connectivity index (χ2n) is 6.65. The number of halogens is 6. The fourth-order valence-electron chi connectivity index (χ4n) is 2.74. The van der Waals surface area contributed by atoms with Crippen molar-refractivity contribution in [3.8, 4) is 11.5 Å². The van der Waals surface area contributed by atoms with E-state index >= 15 is 0 Å². The number of anilines is 1. The molecule has 0 aliphatic rings. The zero-order valence-electron chi connectivity index (χ0n) is 17.4. The maximum absolute atomic E-state index is 14.0. The minimum Gasteiger partial charge on any atom is -0.477 e. The smallest absolute Gasteiger partial charge is 0.416 e. The number of carbonyl (C=O) groups is 1. The Labute approximate surface area is 195 Å². The second kappa shape index (κ2) is 10.5. The van der Waals surface area contributed by atoms with Gasteiger partial charge in [0.1, 0.15) is 28.7 Å². The molecule has 1 N–H and O–H groups in total. The van der Waals surface area contributed by atoms with Crippen LogP contribution >= 0.6 is 11.6 Å². The van der Waals surface area contributed by atoms with Crippen molar-refractivity contribution in [3.63, 3.8) is 0 Å². The van der Waals surface area contributed by atoms with Crippen LogP contribution in [0.1, 0.15) is 18.1 Å². The minimum atomic E-state index is -4.54. The molecule has 0 fully saturated rings. The average molecular weight is 499 g/mol. The molecule has 5 nitrogen and oxygen atoms in total. The lowest BCUT2D eigenvalue weighted by Gasteiger charge is -2.12. The number of hydrogen-bond acceptors (Lipinski definition) is 3. The standard InChI is InChI=1S/C23H16ClF5N2O3/c1-2-33-21(20-17(25)4-3-5-18(20)26)31-22(32)30-14-7-9-15(10-8-14)34-19-11-6-13(12-16(19)24)23(27,28)29/h3-12H,2H2,1H3,(H,30,32). The highest BCUT2D eigenvalue weighted by molar-refractivity contribution is 6.32. The summed E-state index contributed by atoms with van der Waals surface area (Å²) in [7, 11) is 0. The lowest BCUT2D eigenvalue weighted by molar-refractivity contribution is -0.137. The van der Waals surface area contributed by atoms with E-state index in [-0.39, 0.29) is 28.8 Å². The predicted octanol–water partition coefficient (Wildman–Crippen LogP) is 7.44. The van der Waals surface area contributed by atoms with Crippen LogP contribution < -0.4 is 10.1 Å². The first-order chi connectivity index (χ1) is 16.1. The fraction of sp³-hybridized carbons (Fsp3) is 0.130. The molecule has 178 valence electrons. The summed E-state index contributed by atoms with van der Waals surface area (Å²) in [6, 6.07) is 10.6. The average Bonchev–Trinajstić information content (AvgIpc) is 2.75. The van der Waals surface area contributed by atoms with E-state index in [0.29, 0.717) is 0 Å². The Morgan fingerprint density at radius 3 is 2.24 bits per heavy atom. The summed E-state index contributed by atoms with van der Waals surface area (Å²) in [5.74, 6) is -2.17. The molecule has 11 heteroatoms. The Bertz CT molecular complexity index is 1190. The van der Waals surface area contributed by atoms with Crippen molar-refractivity contribution in [3.05, 3.63) is 88.4 Å². The first-order valence-electron chi connectivity index (χ1n) is 9.70. The molecule has 0 radical (unpaired) electrons. The molecule has 0 saturated carbocycles. The molecule has 0 aromatic heterocycles. The van der Waals surface area contributed by atoms with Gasteiger partial charge in [-0.1, -0.05) is 17.7 Å². The highest BCUT2D eigenvalue weighted by atomic mass is 35.5. The quantitative estimate of drug-likeness (QED) is 0.226. The molecule has 0 bridgehead atoms. The maximum atomic E-state index is 14.0. The van der Waals surface area contributed by atoms with Crippen molar-refractivity contribution in [2.75, 3.05) is 11.9 Å². The number of urea groups is 1. The van der Waals surface area contributed by atoms with Gasteiger partial charge in [-0.3, -0.25) is 0 Å². The van der Waals surface area contributed by atoms with Crippen molar-refractivity contribution in [2.45, 2.75) is 13.1 Å². The van der Waals surface area contributed by atoms with Gasteiger partial charge in [-0.15, -0.1) is 0 Å². The zero-order valence-corrected chi connectivity index (χ0v) is 18.2. The lowest BCUT2D eigenvalue weighted by atomic mass is 10.2. The summed E-state index contributed by atoms with van der Waals surface area (Å²) in [6.45, 7) is 1.58. The lowest BCUT2D eigenvalue weighted by Crippen LogP contribution is -2.16. The topological polar surface area (TPSA) is 59.9 Å². The normalized spacial score (nSPS) is 11.8.